The Kier molecular flexibility index (Phi) is 3.64. The quantitative estimate of drug-likeness (QED) is 0.914. The molecule has 3 rings (SSSR count). The number of amides is 1. The molecule has 1 aliphatic carbocycles. The van der Waals surface area contributed by atoms with Gasteiger partial charge in [0.2, 0.25) is 0 Å². The number of halogens is 1. The Hall–Kier alpha value is -0.850. The summed E-state index contributed by atoms with van der Waals surface area (Å²) in [5.41, 5.74) is 0.706. The molecule has 0 spiro atoms. The zero-order valence-electron chi connectivity index (χ0n) is 11.7. The fourth-order valence-electron chi connectivity index (χ4n) is 2.44. The van der Waals surface area contributed by atoms with Crippen molar-refractivity contribution in [1.82, 2.24) is 9.88 Å². The van der Waals surface area contributed by atoms with Gasteiger partial charge < -0.3 is 19.4 Å². The fourth-order valence-corrected chi connectivity index (χ4v) is 2.88. The number of ether oxygens (including phenoxy) is 2. The van der Waals surface area contributed by atoms with E-state index in [1.54, 1.807) is 0 Å². The third kappa shape index (κ3) is 3.07. The number of carbonyl (C=O) groups excluding carboxylic acids is 1. The summed E-state index contributed by atoms with van der Waals surface area (Å²) in [6.07, 6.45) is 4.19. The van der Waals surface area contributed by atoms with Crippen LogP contribution in [-0.4, -0.2) is 35.5 Å². The molecule has 5 nitrogen and oxygen atoms in total. The highest BCUT2D eigenvalue weighted by Gasteiger charge is 2.33. The van der Waals surface area contributed by atoms with E-state index in [9.17, 15) is 4.79 Å². The minimum absolute atomic E-state index is 0.0593. The van der Waals surface area contributed by atoms with Crippen molar-refractivity contribution >= 4 is 21.8 Å². The summed E-state index contributed by atoms with van der Waals surface area (Å²) < 4.78 is 14.1. The zero-order chi connectivity index (χ0) is 14.3. The third-order valence-electron chi connectivity index (χ3n) is 3.55. The van der Waals surface area contributed by atoms with Crippen LogP contribution in [0.3, 0.4) is 0 Å². The van der Waals surface area contributed by atoms with E-state index in [1.807, 2.05) is 26.1 Å². The van der Waals surface area contributed by atoms with Gasteiger partial charge in [0.15, 0.2) is 5.79 Å². The molecule has 110 valence electrons. The molecule has 1 N–H and O–H groups in total. The molecule has 0 radical (unpaired) electrons. The van der Waals surface area contributed by atoms with E-state index in [-0.39, 0.29) is 12.0 Å². The van der Waals surface area contributed by atoms with Crippen molar-refractivity contribution in [2.45, 2.75) is 44.6 Å². The number of nitrogens with zero attached hydrogens (tertiary/aromatic N) is 1. The summed E-state index contributed by atoms with van der Waals surface area (Å²) in [5.74, 6) is -0.608. The Balaban J connectivity index is 1.59. The monoisotopic (exact) mass is 342 g/mol. The molecule has 20 heavy (non-hydrogen) atoms. The second kappa shape index (κ2) is 5.16. The molecule has 1 unspecified atom stereocenters. The molecule has 2 heterocycles. The number of nitrogens with one attached hydrogen (secondary N) is 1. The van der Waals surface area contributed by atoms with Crippen LogP contribution < -0.4 is 5.32 Å². The van der Waals surface area contributed by atoms with Crippen LogP contribution in [0.2, 0.25) is 0 Å². The van der Waals surface area contributed by atoms with E-state index >= 15 is 0 Å². The Morgan fingerprint density at radius 1 is 1.55 bits per heavy atom. The van der Waals surface area contributed by atoms with Crippen molar-refractivity contribution in [3.8, 4) is 0 Å². The highest BCUT2D eigenvalue weighted by molar-refractivity contribution is 9.10. The predicted molar refractivity (Wildman–Crippen MR) is 77.6 cm³/mol. The summed E-state index contributed by atoms with van der Waals surface area (Å²) in [5, 5.41) is 2.93. The average molecular weight is 343 g/mol. The zero-order valence-corrected chi connectivity index (χ0v) is 13.3. The molecule has 1 atom stereocenters. The summed E-state index contributed by atoms with van der Waals surface area (Å²) >= 11 is 3.43. The predicted octanol–water partition coefficient (Wildman–Crippen LogP) is 2.47. The van der Waals surface area contributed by atoms with Crippen LogP contribution in [0, 0.1) is 0 Å². The molecular weight excluding hydrogens is 324 g/mol. The van der Waals surface area contributed by atoms with Gasteiger partial charge in [0.25, 0.3) is 5.91 Å². The lowest BCUT2D eigenvalue weighted by molar-refractivity contribution is -0.137. The van der Waals surface area contributed by atoms with Crippen molar-refractivity contribution in [2.75, 3.05) is 13.2 Å². The van der Waals surface area contributed by atoms with Crippen molar-refractivity contribution in [3.63, 3.8) is 0 Å². The van der Waals surface area contributed by atoms with Crippen molar-refractivity contribution in [1.29, 1.82) is 0 Å². The number of hydrogen-bond donors (Lipinski definition) is 1. The lowest BCUT2D eigenvalue weighted by atomic mass is 10.3. The van der Waals surface area contributed by atoms with Gasteiger partial charge in [0.05, 0.1) is 6.61 Å². The fraction of sp³-hybridized carbons (Fsp3) is 0.643. The van der Waals surface area contributed by atoms with Crippen LogP contribution in [0.15, 0.2) is 16.7 Å². The van der Waals surface area contributed by atoms with E-state index in [0.29, 0.717) is 24.9 Å². The number of carbonyl (C=O) groups is 1. The summed E-state index contributed by atoms with van der Waals surface area (Å²) in [7, 11) is 0. The molecule has 2 fully saturated rings. The van der Waals surface area contributed by atoms with Gasteiger partial charge in [0, 0.05) is 23.3 Å². The molecule has 1 saturated carbocycles. The van der Waals surface area contributed by atoms with E-state index in [4.69, 9.17) is 9.47 Å². The van der Waals surface area contributed by atoms with Gasteiger partial charge in [-0.05, 0) is 48.7 Å². The molecule has 0 aromatic carbocycles. The topological polar surface area (TPSA) is 52.5 Å². The SMILES string of the molecule is CC1(C)OCC(CNC(=O)c2cc(Br)cn2C2CC2)O1. The summed E-state index contributed by atoms with van der Waals surface area (Å²) in [4.78, 5) is 12.3. The first-order valence-corrected chi connectivity index (χ1v) is 7.71. The van der Waals surface area contributed by atoms with Gasteiger partial charge in [0.1, 0.15) is 11.8 Å². The van der Waals surface area contributed by atoms with Crippen LogP contribution >= 0.6 is 15.9 Å². The molecule has 1 aliphatic heterocycles. The van der Waals surface area contributed by atoms with Crippen LogP contribution in [-0.2, 0) is 9.47 Å². The molecule has 1 amide bonds. The Bertz CT molecular complexity index is 522. The van der Waals surface area contributed by atoms with E-state index in [0.717, 1.165) is 17.3 Å². The van der Waals surface area contributed by atoms with Crippen molar-refractivity contribution in [2.24, 2.45) is 0 Å². The number of hydrogen-bond acceptors (Lipinski definition) is 3. The highest BCUT2D eigenvalue weighted by Crippen LogP contribution is 2.37. The average Bonchev–Trinajstić information content (AvgIpc) is 3.06. The molecule has 1 aromatic heterocycles. The first kappa shape index (κ1) is 14.1. The van der Waals surface area contributed by atoms with E-state index in [2.05, 4.69) is 25.8 Å². The van der Waals surface area contributed by atoms with Gasteiger partial charge in [-0.1, -0.05) is 0 Å². The van der Waals surface area contributed by atoms with E-state index in [1.165, 1.54) is 0 Å². The minimum Gasteiger partial charge on any atom is -0.348 e. The van der Waals surface area contributed by atoms with Crippen LogP contribution in [0.25, 0.3) is 0 Å². The summed E-state index contributed by atoms with van der Waals surface area (Å²) in [6, 6.07) is 2.34. The molecule has 1 aromatic rings. The van der Waals surface area contributed by atoms with Gasteiger partial charge >= 0.3 is 0 Å². The molecular formula is C14H19BrN2O3. The number of aromatic nitrogens is 1. The molecule has 6 heteroatoms. The maximum absolute atomic E-state index is 12.3. The second-order valence-corrected chi connectivity index (χ2v) is 6.76. The second-order valence-electron chi connectivity index (χ2n) is 5.84. The Labute approximate surface area is 126 Å². The van der Waals surface area contributed by atoms with Crippen LogP contribution in [0.4, 0.5) is 0 Å². The number of rotatable bonds is 4. The van der Waals surface area contributed by atoms with Gasteiger partial charge in [-0.25, -0.2) is 0 Å². The summed E-state index contributed by atoms with van der Waals surface area (Å²) in [6.45, 7) is 4.74. The van der Waals surface area contributed by atoms with Crippen molar-refractivity contribution < 1.29 is 14.3 Å². The Morgan fingerprint density at radius 3 is 2.90 bits per heavy atom. The first-order valence-electron chi connectivity index (χ1n) is 6.92. The van der Waals surface area contributed by atoms with Gasteiger partial charge in [-0.2, -0.15) is 0 Å². The third-order valence-corrected chi connectivity index (χ3v) is 3.98. The van der Waals surface area contributed by atoms with Gasteiger partial charge in [-0.15, -0.1) is 0 Å². The van der Waals surface area contributed by atoms with Crippen LogP contribution in [0.1, 0.15) is 43.2 Å². The molecule has 1 saturated heterocycles. The maximum Gasteiger partial charge on any atom is 0.268 e. The standard InChI is InChI=1S/C14H19BrN2O3/c1-14(2)19-8-11(20-14)6-16-13(18)12-5-9(15)7-17(12)10-3-4-10/h5,7,10-11H,3-4,6,8H2,1-2H3,(H,16,18). The van der Waals surface area contributed by atoms with Crippen molar-refractivity contribution in [3.05, 3.63) is 22.4 Å². The van der Waals surface area contributed by atoms with Crippen LogP contribution in [0.5, 0.6) is 0 Å². The Morgan fingerprint density at radius 2 is 2.30 bits per heavy atom. The molecule has 2 aliphatic rings. The normalized spacial score (nSPS) is 24.9. The molecule has 0 bridgehead atoms. The largest absolute Gasteiger partial charge is 0.348 e. The first-order chi connectivity index (χ1) is 9.44. The van der Waals surface area contributed by atoms with E-state index < -0.39 is 5.79 Å². The highest BCUT2D eigenvalue weighted by atomic mass is 79.9. The minimum atomic E-state index is -0.549. The lowest BCUT2D eigenvalue weighted by Gasteiger charge is -2.17. The lowest BCUT2D eigenvalue weighted by Crippen LogP contribution is -2.35. The maximum atomic E-state index is 12.3. The smallest absolute Gasteiger partial charge is 0.268 e. The van der Waals surface area contributed by atoms with Gasteiger partial charge in [-0.3, -0.25) is 4.79 Å².